The Labute approximate surface area is 111 Å². The molecule has 1 aliphatic rings. The van der Waals surface area contributed by atoms with Gasteiger partial charge in [0.25, 0.3) is 0 Å². The van der Waals surface area contributed by atoms with Crippen LogP contribution in [0.5, 0.6) is 5.75 Å². The van der Waals surface area contributed by atoms with Crippen molar-refractivity contribution >= 4 is 29.0 Å². The summed E-state index contributed by atoms with van der Waals surface area (Å²) in [5.74, 6) is 1.74. The van der Waals surface area contributed by atoms with Gasteiger partial charge in [-0.1, -0.05) is 0 Å². The fraction of sp³-hybridized carbons (Fsp3) is 0.462. The van der Waals surface area contributed by atoms with E-state index in [1.165, 1.54) is 0 Å². The second-order valence-corrected chi connectivity index (χ2v) is 6.19. The molecule has 1 aromatic rings. The highest BCUT2D eigenvalue weighted by atomic mass is 32.2. The Hall–Kier alpha value is -1.36. The highest BCUT2D eigenvalue weighted by molar-refractivity contribution is 8.01. The van der Waals surface area contributed by atoms with E-state index < -0.39 is 0 Å². The normalized spacial score (nSPS) is 22.8. The Bertz CT molecular complexity index is 456. The van der Waals surface area contributed by atoms with Crippen molar-refractivity contribution in [3.63, 3.8) is 0 Å². The number of nitrogens with two attached hydrogens (primary N) is 1. The van der Waals surface area contributed by atoms with E-state index in [9.17, 15) is 4.79 Å². The van der Waals surface area contributed by atoms with E-state index in [0.717, 1.165) is 18.6 Å². The quantitative estimate of drug-likeness (QED) is 0.825. The molecule has 0 spiro atoms. The lowest BCUT2D eigenvalue weighted by molar-refractivity contribution is -0.118. The van der Waals surface area contributed by atoms with Crippen LogP contribution in [0.15, 0.2) is 18.2 Å². The van der Waals surface area contributed by atoms with Gasteiger partial charge in [0.1, 0.15) is 5.75 Å². The van der Waals surface area contributed by atoms with Gasteiger partial charge in [0.2, 0.25) is 5.91 Å². The number of carbonyl (C=O) groups excluding carboxylic acids is 1. The molecule has 4 nitrogen and oxygen atoms in total. The number of thioether (sulfide) groups is 1. The highest BCUT2D eigenvalue weighted by Gasteiger charge is 2.37. The Morgan fingerprint density at radius 2 is 2.33 bits per heavy atom. The predicted molar refractivity (Wildman–Crippen MR) is 76.1 cm³/mol. The molecule has 1 amide bonds. The molecule has 1 heterocycles. The Morgan fingerprint density at radius 3 is 2.94 bits per heavy atom. The minimum absolute atomic E-state index is 0.0185. The maximum absolute atomic E-state index is 12.3. The van der Waals surface area contributed by atoms with E-state index >= 15 is 0 Å². The van der Waals surface area contributed by atoms with E-state index in [2.05, 4.69) is 5.32 Å². The van der Waals surface area contributed by atoms with Gasteiger partial charge in [0.15, 0.2) is 0 Å². The van der Waals surface area contributed by atoms with Crippen molar-refractivity contribution in [1.29, 1.82) is 0 Å². The lowest BCUT2D eigenvalue weighted by atomic mass is 10.0. The molecule has 0 saturated carbocycles. The van der Waals surface area contributed by atoms with Crippen LogP contribution in [0.2, 0.25) is 0 Å². The zero-order valence-electron chi connectivity index (χ0n) is 10.7. The highest BCUT2D eigenvalue weighted by Crippen LogP contribution is 2.39. The molecule has 0 aliphatic carbocycles. The molecular formula is C13H18N2O2S. The van der Waals surface area contributed by atoms with Crippen molar-refractivity contribution in [2.24, 2.45) is 0 Å². The average Bonchev–Trinajstić information content (AvgIpc) is 2.80. The second kappa shape index (κ2) is 5.10. The van der Waals surface area contributed by atoms with Crippen molar-refractivity contribution in [2.45, 2.75) is 24.5 Å². The monoisotopic (exact) mass is 266 g/mol. The first-order chi connectivity index (χ1) is 8.55. The number of rotatable bonds is 3. The van der Waals surface area contributed by atoms with E-state index in [1.54, 1.807) is 37.1 Å². The molecule has 1 aromatic carbocycles. The maximum Gasteiger partial charge on any atom is 0.240 e. The lowest BCUT2D eigenvalue weighted by Crippen LogP contribution is -2.34. The molecule has 3 N–H and O–H groups in total. The number of anilines is 2. The van der Waals surface area contributed by atoms with Gasteiger partial charge in [-0.25, -0.2) is 0 Å². The number of benzene rings is 1. The molecular weight excluding hydrogens is 248 g/mol. The summed E-state index contributed by atoms with van der Waals surface area (Å²) in [7, 11) is 1.59. The second-order valence-electron chi connectivity index (χ2n) is 4.59. The first-order valence-corrected chi connectivity index (χ1v) is 6.93. The molecule has 0 aromatic heterocycles. The molecule has 0 bridgehead atoms. The molecule has 1 aliphatic heterocycles. The lowest BCUT2D eigenvalue weighted by Gasteiger charge is -2.22. The van der Waals surface area contributed by atoms with Crippen molar-refractivity contribution in [1.82, 2.24) is 0 Å². The van der Waals surface area contributed by atoms with Gasteiger partial charge in [-0.2, -0.15) is 0 Å². The molecule has 0 radical (unpaired) electrons. The zero-order chi connectivity index (χ0) is 13.2. The standard InChI is InChI=1S/C13H18N2O2S/c1-13(6-3-7-18-13)12(16)15-11-8-9(17-2)4-5-10(11)14/h4-5,8H,3,6-7,14H2,1-2H3,(H,15,16). The van der Waals surface area contributed by atoms with Crippen LogP contribution in [0.1, 0.15) is 19.8 Å². The molecule has 1 fully saturated rings. The van der Waals surface area contributed by atoms with Crippen LogP contribution in [0.25, 0.3) is 0 Å². The van der Waals surface area contributed by atoms with Crippen molar-refractivity contribution in [2.75, 3.05) is 23.9 Å². The van der Waals surface area contributed by atoms with Gasteiger partial charge in [0.05, 0.1) is 23.2 Å². The fourth-order valence-electron chi connectivity index (χ4n) is 1.98. The van der Waals surface area contributed by atoms with E-state index in [4.69, 9.17) is 10.5 Å². The summed E-state index contributed by atoms with van der Waals surface area (Å²) in [6, 6.07) is 5.26. The molecule has 1 saturated heterocycles. The molecule has 18 heavy (non-hydrogen) atoms. The number of methoxy groups -OCH3 is 1. The number of hydrogen-bond donors (Lipinski definition) is 2. The molecule has 5 heteroatoms. The first kappa shape index (κ1) is 13.1. The molecule has 1 unspecified atom stereocenters. The summed E-state index contributed by atoms with van der Waals surface area (Å²) in [5, 5.41) is 2.90. The number of carbonyl (C=O) groups is 1. The van der Waals surface area contributed by atoms with Gasteiger partial charge in [0, 0.05) is 6.07 Å². The molecule has 98 valence electrons. The van der Waals surface area contributed by atoms with Crippen LogP contribution in [0, 0.1) is 0 Å². The van der Waals surface area contributed by atoms with Crippen LogP contribution in [0.3, 0.4) is 0 Å². The van der Waals surface area contributed by atoms with Gasteiger partial charge in [-0.05, 0) is 37.7 Å². The predicted octanol–water partition coefficient (Wildman–Crippen LogP) is 2.50. The van der Waals surface area contributed by atoms with E-state index in [0.29, 0.717) is 17.1 Å². The van der Waals surface area contributed by atoms with Crippen LogP contribution >= 0.6 is 11.8 Å². The largest absolute Gasteiger partial charge is 0.497 e. The van der Waals surface area contributed by atoms with Crippen molar-refractivity contribution in [3.05, 3.63) is 18.2 Å². The first-order valence-electron chi connectivity index (χ1n) is 5.94. The maximum atomic E-state index is 12.3. The third-order valence-electron chi connectivity index (χ3n) is 3.21. The zero-order valence-corrected chi connectivity index (χ0v) is 11.5. The molecule has 1 atom stereocenters. The summed E-state index contributed by atoms with van der Waals surface area (Å²) >= 11 is 1.70. The summed E-state index contributed by atoms with van der Waals surface area (Å²) in [5.41, 5.74) is 7.03. The van der Waals surface area contributed by atoms with Crippen molar-refractivity contribution < 1.29 is 9.53 Å². The Morgan fingerprint density at radius 1 is 1.56 bits per heavy atom. The van der Waals surface area contributed by atoms with Crippen molar-refractivity contribution in [3.8, 4) is 5.75 Å². The minimum Gasteiger partial charge on any atom is -0.497 e. The van der Waals surface area contributed by atoms with Crippen LogP contribution in [0.4, 0.5) is 11.4 Å². The SMILES string of the molecule is COc1ccc(N)c(NC(=O)C2(C)CCCS2)c1. The summed E-state index contributed by atoms with van der Waals surface area (Å²) in [6.45, 7) is 1.98. The van der Waals surface area contributed by atoms with E-state index in [-0.39, 0.29) is 10.7 Å². The van der Waals surface area contributed by atoms with Gasteiger partial charge in [-0.3, -0.25) is 4.79 Å². The summed E-state index contributed by atoms with van der Waals surface area (Å²) in [4.78, 5) is 12.3. The minimum atomic E-state index is -0.338. The summed E-state index contributed by atoms with van der Waals surface area (Å²) in [6.07, 6.45) is 2.00. The molecule has 2 rings (SSSR count). The Balaban J connectivity index is 2.16. The van der Waals surface area contributed by atoms with E-state index in [1.807, 2.05) is 6.92 Å². The third-order valence-corrected chi connectivity index (χ3v) is 4.73. The van der Waals surface area contributed by atoms with Gasteiger partial charge in [-0.15, -0.1) is 11.8 Å². The van der Waals surface area contributed by atoms with Gasteiger partial charge < -0.3 is 15.8 Å². The topological polar surface area (TPSA) is 64.3 Å². The average molecular weight is 266 g/mol. The number of nitrogen functional groups attached to an aromatic ring is 1. The smallest absolute Gasteiger partial charge is 0.240 e. The number of nitrogens with one attached hydrogen (secondary N) is 1. The Kier molecular flexibility index (Phi) is 3.71. The number of ether oxygens (including phenoxy) is 1. The van der Waals surface area contributed by atoms with Crippen LogP contribution in [-0.2, 0) is 4.79 Å². The number of hydrogen-bond acceptors (Lipinski definition) is 4. The summed E-state index contributed by atoms with van der Waals surface area (Å²) < 4.78 is 4.79. The van der Waals surface area contributed by atoms with Crippen LogP contribution in [-0.4, -0.2) is 23.5 Å². The number of amides is 1. The van der Waals surface area contributed by atoms with Gasteiger partial charge >= 0.3 is 0 Å². The third kappa shape index (κ3) is 2.56. The van der Waals surface area contributed by atoms with Crippen LogP contribution < -0.4 is 15.8 Å². The fourth-order valence-corrected chi connectivity index (χ4v) is 3.19.